The van der Waals surface area contributed by atoms with Crippen LogP contribution in [0, 0.1) is 6.92 Å². The molecule has 5 nitrogen and oxygen atoms in total. The number of para-hydroxylation sites is 1. The molecule has 3 rings (SSSR count). The van der Waals surface area contributed by atoms with E-state index in [0.29, 0.717) is 0 Å². The fourth-order valence-electron chi connectivity index (χ4n) is 3.57. The number of nitrogens with zero attached hydrogens (tertiary/aromatic N) is 5. The molecule has 0 atom stereocenters. The Morgan fingerprint density at radius 2 is 1.50 bits per heavy atom. The average Bonchev–Trinajstić information content (AvgIpc) is 2.68. The molecule has 1 aliphatic rings. The molecular formula is C21H31N5. The number of aromatic nitrogens is 2. The van der Waals surface area contributed by atoms with Crippen LogP contribution < -0.4 is 14.7 Å². The second-order valence-corrected chi connectivity index (χ2v) is 6.93. The Kier molecular flexibility index (Phi) is 6.31. The largest absolute Gasteiger partial charge is 0.368 e. The van der Waals surface area contributed by atoms with Crippen LogP contribution in [0.5, 0.6) is 0 Å². The lowest BCUT2D eigenvalue weighted by Crippen LogP contribution is -2.47. The average molecular weight is 354 g/mol. The lowest BCUT2D eigenvalue weighted by atomic mass is 10.2. The van der Waals surface area contributed by atoms with E-state index < -0.39 is 0 Å². The molecule has 0 spiro atoms. The van der Waals surface area contributed by atoms with Crippen LogP contribution in [-0.4, -0.2) is 49.2 Å². The van der Waals surface area contributed by atoms with Crippen molar-refractivity contribution in [2.75, 3.05) is 54.0 Å². The summed E-state index contributed by atoms with van der Waals surface area (Å²) < 4.78 is 0. The van der Waals surface area contributed by atoms with Gasteiger partial charge in [0, 0.05) is 51.0 Å². The molecule has 5 heteroatoms. The lowest BCUT2D eigenvalue weighted by molar-refractivity contribution is 0.644. The van der Waals surface area contributed by atoms with E-state index in [0.717, 1.165) is 69.6 Å². The maximum absolute atomic E-state index is 4.73. The van der Waals surface area contributed by atoms with Crippen molar-refractivity contribution < 1.29 is 0 Å². The Hall–Kier alpha value is -2.30. The van der Waals surface area contributed by atoms with Gasteiger partial charge in [0.15, 0.2) is 0 Å². The van der Waals surface area contributed by atoms with Crippen LogP contribution in [0.25, 0.3) is 0 Å². The zero-order chi connectivity index (χ0) is 18.4. The first-order valence-electron chi connectivity index (χ1n) is 9.86. The number of piperazine rings is 1. The minimum Gasteiger partial charge on any atom is -0.368 e. The van der Waals surface area contributed by atoms with Crippen LogP contribution in [0.15, 0.2) is 36.4 Å². The summed E-state index contributed by atoms with van der Waals surface area (Å²) in [7, 11) is 0. The van der Waals surface area contributed by atoms with Gasteiger partial charge in [0.1, 0.15) is 17.5 Å². The number of aryl methyl sites for hydroxylation is 1. The van der Waals surface area contributed by atoms with Gasteiger partial charge in [-0.1, -0.05) is 32.0 Å². The maximum atomic E-state index is 4.73. The molecule has 0 radical (unpaired) electrons. The number of anilines is 3. The van der Waals surface area contributed by atoms with Gasteiger partial charge in [-0.05, 0) is 31.9 Å². The molecule has 140 valence electrons. The fourth-order valence-corrected chi connectivity index (χ4v) is 3.57. The summed E-state index contributed by atoms with van der Waals surface area (Å²) in [5.74, 6) is 3.00. The molecule has 0 amide bonds. The van der Waals surface area contributed by atoms with E-state index in [1.807, 2.05) is 6.92 Å². The van der Waals surface area contributed by atoms with E-state index in [-0.39, 0.29) is 0 Å². The summed E-state index contributed by atoms with van der Waals surface area (Å²) in [5.41, 5.74) is 1.31. The second-order valence-electron chi connectivity index (χ2n) is 6.93. The zero-order valence-electron chi connectivity index (χ0n) is 16.4. The van der Waals surface area contributed by atoms with Crippen molar-refractivity contribution in [1.82, 2.24) is 9.97 Å². The molecule has 0 N–H and O–H groups in total. The Balaban J connectivity index is 1.72. The molecule has 1 saturated heterocycles. The molecule has 26 heavy (non-hydrogen) atoms. The summed E-state index contributed by atoms with van der Waals surface area (Å²) in [6.45, 7) is 12.6. The van der Waals surface area contributed by atoms with Gasteiger partial charge in [-0.2, -0.15) is 0 Å². The van der Waals surface area contributed by atoms with Crippen LogP contribution in [0.4, 0.5) is 17.3 Å². The molecule has 1 aromatic carbocycles. The van der Waals surface area contributed by atoms with E-state index in [1.54, 1.807) is 0 Å². The van der Waals surface area contributed by atoms with Gasteiger partial charge in [0.05, 0.1) is 0 Å². The van der Waals surface area contributed by atoms with Crippen LogP contribution in [0.2, 0.25) is 0 Å². The van der Waals surface area contributed by atoms with Crippen LogP contribution in [0.3, 0.4) is 0 Å². The number of hydrogen-bond donors (Lipinski definition) is 0. The first-order chi connectivity index (χ1) is 12.7. The minimum absolute atomic E-state index is 0.861. The summed E-state index contributed by atoms with van der Waals surface area (Å²) in [5, 5.41) is 0. The van der Waals surface area contributed by atoms with Crippen molar-refractivity contribution in [3.63, 3.8) is 0 Å². The molecule has 0 unspecified atom stereocenters. The van der Waals surface area contributed by atoms with Crippen LogP contribution in [-0.2, 0) is 0 Å². The molecule has 1 fully saturated rings. The SMILES string of the molecule is CCCN(CCC)c1cc(N2CCN(c3ccccc3)CC2)nc(C)n1. The fraction of sp³-hybridized carbons (Fsp3) is 0.524. The number of benzene rings is 1. The van der Waals surface area contributed by atoms with Gasteiger partial charge in [0.2, 0.25) is 0 Å². The van der Waals surface area contributed by atoms with Crippen molar-refractivity contribution in [2.24, 2.45) is 0 Å². The molecular weight excluding hydrogens is 322 g/mol. The van der Waals surface area contributed by atoms with Crippen molar-refractivity contribution in [3.8, 4) is 0 Å². The second kappa shape index (κ2) is 8.88. The Morgan fingerprint density at radius 1 is 0.885 bits per heavy atom. The monoisotopic (exact) mass is 353 g/mol. The third-order valence-electron chi connectivity index (χ3n) is 4.85. The predicted molar refractivity (Wildman–Crippen MR) is 110 cm³/mol. The molecule has 0 aliphatic carbocycles. The maximum Gasteiger partial charge on any atom is 0.134 e. The smallest absolute Gasteiger partial charge is 0.134 e. The Labute approximate surface area is 157 Å². The molecule has 1 aliphatic heterocycles. The first-order valence-corrected chi connectivity index (χ1v) is 9.86. The van der Waals surface area contributed by atoms with Gasteiger partial charge in [0.25, 0.3) is 0 Å². The Bertz CT molecular complexity index is 674. The van der Waals surface area contributed by atoms with Crippen molar-refractivity contribution in [2.45, 2.75) is 33.6 Å². The normalized spacial score (nSPS) is 14.6. The van der Waals surface area contributed by atoms with E-state index in [4.69, 9.17) is 9.97 Å². The standard InChI is InChI=1S/C21H31N5/c1-4-11-25(12-5-2)20-17-21(23-18(3)22-20)26-15-13-24(14-16-26)19-9-7-6-8-10-19/h6-10,17H,4-5,11-16H2,1-3H3. The van der Waals surface area contributed by atoms with E-state index in [2.05, 4.69) is 64.9 Å². The number of hydrogen-bond acceptors (Lipinski definition) is 5. The quantitative estimate of drug-likeness (QED) is 0.758. The topological polar surface area (TPSA) is 35.5 Å². The van der Waals surface area contributed by atoms with Crippen molar-refractivity contribution in [1.29, 1.82) is 0 Å². The Morgan fingerprint density at radius 3 is 2.12 bits per heavy atom. The molecule has 2 heterocycles. The van der Waals surface area contributed by atoms with Crippen molar-refractivity contribution in [3.05, 3.63) is 42.2 Å². The van der Waals surface area contributed by atoms with E-state index in [9.17, 15) is 0 Å². The summed E-state index contributed by atoms with van der Waals surface area (Å²) in [6.07, 6.45) is 2.27. The summed E-state index contributed by atoms with van der Waals surface area (Å²) >= 11 is 0. The van der Waals surface area contributed by atoms with Gasteiger partial charge >= 0.3 is 0 Å². The molecule has 0 saturated carbocycles. The molecule has 0 bridgehead atoms. The minimum atomic E-state index is 0.861. The highest BCUT2D eigenvalue weighted by Gasteiger charge is 2.20. The molecule has 1 aromatic heterocycles. The van der Waals surface area contributed by atoms with Crippen LogP contribution in [0.1, 0.15) is 32.5 Å². The highest BCUT2D eigenvalue weighted by molar-refractivity contribution is 5.53. The predicted octanol–water partition coefficient (Wildman–Crippen LogP) is 3.74. The van der Waals surface area contributed by atoms with Crippen molar-refractivity contribution >= 4 is 17.3 Å². The highest BCUT2D eigenvalue weighted by atomic mass is 15.3. The zero-order valence-corrected chi connectivity index (χ0v) is 16.4. The van der Waals surface area contributed by atoms with E-state index >= 15 is 0 Å². The molecule has 2 aromatic rings. The highest BCUT2D eigenvalue weighted by Crippen LogP contribution is 2.23. The van der Waals surface area contributed by atoms with Crippen LogP contribution >= 0.6 is 0 Å². The lowest BCUT2D eigenvalue weighted by Gasteiger charge is -2.37. The van der Waals surface area contributed by atoms with Gasteiger partial charge < -0.3 is 14.7 Å². The number of rotatable bonds is 7. The summed E-state index contributed by atoms with van der Waals surface area (Å²) in [6, 6.07) is 12.8. The third kappa shape index (κ3) is 4.45. The van der Waals surface area contributed by atoms with Gasteiger partial charge in [-0.25, -0.2) is 9.97 Å². The summed E-state index contributed by atoms with van der Waals surface area (Å²) in [4.78, 5) is 16.7. The van der Waals surface area contributed by atoms with Gasteiger partial charge in [-0.3, -0.25) is 0 Å². The van der Waals surface area contributed by atoms with Gasteiger partial charge in [-0.15, -0.1) is 0 Å². The first kappa shape index (κ1) is 18.5. The third-order valence-corrected chi connectivity index (χ3v) is 4.85. The van der Waals surface area contributed by atoms with E-state index in [1.165, 1.54) is 5.69 Å².